The summed E-state index contributed by atoms with van der Waals surface area (Å²) < 4.78 is 5.19. The van der Waals surface area contributed by atoms with Gasteiger partial charge in [-0.05, 0) is 67.1 Å². The van der Waals surface area contributed by atoms with E-state index in [0.29, 0.717) is 18.9 Å². The van der Waals surface area contributed by atoms with Crippen molar-refractivity contribution in [1.82, 2.24) is 10.6 Å². The van der Waals surface area contributed by atoms with Gasteiger partial charge in [0, 0.05) is 13.0 Å². The Morgan fingerprint density at radius 2 is 1.63 bits per heavy atom. The van der Waals surface area contributed by atoms with Crippen LogP contribution in [0.2, 0.25) is 0 Å². The molecule has 2 aromatic carbocycles. The summed E-state index contributed by atoms with van der Waals surface area (Å²) in [6.45, 7) is 2.77. The maximum Gasteiger partial charge on any atom is 0.220 e. The Balaban J connectivity index is 0.00000261. The lowest BCUT2D eigenvalue weighted by atomic mass is 9.93. The third kappa shape index (κ3) is 6.56. The van der Waals surface area contributed by atoms with Crippen molar-refractivity contribution in [3.8, 4) is 16.9 Å². The number of amides is 1. The number of rotatable bonds is 7. The second-order valence-corrected chi connectivity index (χ2v) is 6.93. The van der Waals surface area contributed by atoms with E-state index in [1.165, 1.54) is 12.8 Å². The van der Waals surface area contributed by atoms with Crippen molar-refractivity contribution in [1.29, 1.82) is 0 Å². The third-order valence-electron chi connectivity index (χ3n) is 5.11. The number of ether oxygens (including phenoxy) is 1. The van der Waals surface area contributed by atoms with Gasteiger partial charge >= 0.3 is 0 Å². The monoisotopic (exact) mass is 388 g/mol. The van der Waals surface area contributed by atoms with Gasteiger partial charge in [-0.25, -0.2) is 0 Å². The van der Waals surface area contributed by atoms with Crippen LogP contribution in [0.5, 0.6) is 5.75 Å². The maximum atomic E-state index is 12.1. The van der Waals surface area contributed by atoms with Gasteiger partial charge in [0.2, 0.25) is 5.91 Å². The van der Waals surface area contributed by atoms with Crippen LogP contribution in [0.1, 0.15) is 31.2 Å². The molecule has 0 aliphatic carbocycles. The van der Waals surface area contributed by atoms with E-state index in [2.05, 4.69) is 47.0 Å². The number of benzene rings is 2. The quantitative estimate of drug-likeness (QED) is 0.748. The van der Waals surface area contributed by atoms with E-state index in [0.717, 1.165) is 42.0 Å². The molecule has 5 heteroatoms. The highest BCUT2D eigenvalue weighted by Gasteiger charge is 2.14. The Kier molecular flexibility index (Phi) is 8.62. The summed E-state index contributed by atoms with van der Waals surface area (Å²) in [6.07, 6.45) is 4.03. The van der Waals surface area contributed by atoms with Crippen molar-refractivity contribution < 1.29 is 9.53 Å². The van der Waals surface area contributed by atoms with Gasteiger partial charge in [0.05, 0.1) is 7.11 Å². The van der Waals surface area contributed by atoms with Crippen molar-refractivity contribution in [2.24, 2.45) is 5.92 Å². The van der Waals surface area contributed by atoms with E-state index in [1.807, 2.05) is 12.1 Å². The molecule has 1 aliphatic heterocycles. The molecule has 0 unspecified atom stereocenters. The van der Waals surface area contributed by atoms with Crippen molar-refractivity contribution in [2.45, 2.75) is 32.2 Å². The summed E-state index contributed by atoms with van der Waals surface area (Å²) in [5, 5.41) is 6.41. The fraction of sp³-hybridized carbons (Fsp3) is 0.409. The summed E-state index contributed by atoms with van der Waals surface area (Å²) in [4.78, 5) is 12.1. The van der Waals surface area contributed by atoms with Crippen LogP contribution >= 0.6 is 12.4 Å². The molecule has 0 bridgehead atoms. The molecule has 27 heavy (non-hydrogen) atoms. The molecule has 1 fully saturated rings. The normalized spacial score (nSPS) is 14.3. The molecule has 1 heterocycles. The molecular weight excluding hydrogens is 360 g/mol. The highest BCUT2D eigenvalue weighted by atomic mass is 35.5. The van der Waals surface area contributed by atoms with Gasteiger partial charge in [0.25, 0.3) is 0 Å². The van der Waals surface area contributed by atoms with Gasteiger partial charge in [0.1, 0.15) is 5.75 Å². The number of methoxy groups -OCH3 is 1. The molecule has 0 atom stereocenters. The number of carbonyl (C=O) groups excluding carboxylic acids is 1. The van der Waals surface area contributed by atoms with Crippen molar-refractivity contribution >= 4 is 18.3 Å². The van der Waals surface area contributed by atoms with Crippen molar-refractivity contribution in [2.75, 3.05) is 20.2 Å². The fourth-order valence-corrected chi connectivity index (χ4v) is 3.39. The largest absolute Gasteiger partial charge is 0.497 e. The second-order valence-electron chi connectivity index (χ2n) is 6.93. The average Bonchev–Trinajstić information content (AvgIpc) is 2.72. The summed E-state index contributed by atoms with van der Waals surface area (Å²) in [5.41, 5.74) is 3.44. The summed E-state index contributed by atoms with van der Waals surface area (Å²) in [7, 11) is 1.67. The lowest BCUT2D eigenvalue weighted by Crippen LogP contribution is -2.29. The van der Waals surface area contributed by atoms with Crippen LogP contribution in [0.15, 0.2) is 48.5 Å². The lowest BCUT2D eigenvalue weighted by molar-refractivity contribution is -0.121. The number of nitrogens with one attached hydrogen (secondary N) is 2. The number of hydrogen-bond donors (Lipinski definition) is 2. The molecule has 0 radical (unpaired) electrons. The van der Waals surface area contributed by atoms with Crippen LogP contribution < -0.4 is 15.4 Å². The van der Waals surface area contributed by atoms with Gasteiger partial charge in [0.15, 0.2) is 0 Å². The minimum absolute atomic E-state index is 0. The molecule has 3 rings (SSSR count). The lowest BCUT2D eigenvalue weighted by Gasteiger charge is -2.22. The minimum atomic E-state index is 0. The zero-order chi connectivity index (χ0) is 18.2. The van der Waals surface area contributed by atoms with Gasteiger partial charge in [-0.3, -0.25) is 4.79 Å². The van der Waals surface area contributed by atoms with Crippen LogP contribution in [0, 0.1) is 5.92 Å². The van der Waals surface area contributed by atoms with Crippen LogP contribution in [-0.2, 0) is 11.3 Å². The predicted octanol–water partition coefficient (Wildman–Crippen LogP) is 4.18. The number of carbonyl (C=O) groups is 1. The molecule has 4 nitrogen and oxygen atoms in total. The van der Waals surface area contributed by atoms with Crippen LogP contribution in [-0.4, -0.2) is 26.1 Å². The van der Waals surface area contributed by atoms with Gasteiger partial charge in [-0.15, -0.1) is 12.4 Å². The average molecular weight is 389 g/mol. The molecular formula is C22H29ClN2O2. The van der Waals surface area contributed by atoms with E-state index in [9.17, 15) is 4.79 Å². The first-order valence-electron chi connectivity index (χ1n) is 9.45. The molecule has 1 amide bonds. The molecule has 2 N–H and O–H groups in total. The van der Waals surface area contributed by atoms with E-state index in [-0.39, 0.29) is 18.3 Å². The van der Waals surface area contributed by atoms with Gasteiger partial charge in [-0.1, -0.05) is 36.4 Å². The summed E-state index contributed by atoms with van der Waals surface area (Å²) >= 11 is 0. The topological polar surface area (TPSA) is 50.4 Å². The first-order valence-corrected chi connectivity index (χ1v) is 9.45. The number of halogens is 1. The Bertz CT molecular complexity index is 695. The summed E-state index contributed by atoms with van der Waals surface area (Å²) in [5.74, 6) is 1.71. The minimum Gasteiger partial charge on any atom is -0.497 e. The van der Waals surface area contributed by atoms with Crippen molar-refractivity contribution in [3.63, 3.8) is 0 Å². The third-order valence-corrected chi connectivity index (χ3v) is 5.11. The molecule has 0 aromatic heterocycles. The van der Waals surface area contributed by atoms with Gasteiger partial charge < -0.3 is 15.4 Å². The molecule has 1 aliphatic rings. The zero-order valence-corrected chi connectivity index (χ0v) is 16.7. The Morgan fingerprint density at radius 1 is 1.04 bits per heavy atom. The predicted molar refractivity (Wildman–Crippen MR) is 112 cm³/mol. The Hall–Kier alpha value is -2.04. The SMILES string of the molecule is COc1ccc(-c2ccc(CNC(=O)CCC3CCNCC3)cc2)cc1.Cl. The highest BCUT2D eigenvalue weighted by molar-refractivity contribution is 5.85. The maximum absolute atomic E-state index is 12.1. The molecule has 2 aromatic rings. The highest BCUT2D eigenvalue weighted by Crippen LogP contribution is 2.22. The van der Waals surface area contributed by atoms with E-state index < -0.39 is 0 Å². The van der Waals surface area contributed by atoms with E-state index in [4.69, 9.17) is 4.74 Å². The van der Waals surface area contributed by atoms with E-state index >= 15 is 0 Å². The first-order chi connectivity index (χ1) is 12.7. The number of hydrogen-bond acceptors (Lipinski definition) is 3. The van der Waals surface area contributed by atoms with Crippen molar-refractivity contribution in [3.05, 3.63) is 54.1 Å². The summed E-state index contributed by atoms with van der Waals surface area (Å²) in [6, 6.07) is 16.4. The molecule has 1 saturated heterocycles. The van der Waals surface area contributed by atoms with E-state index in [1.54, 1.807) is 7.11 Å². The standard InChI is InChI=1S/C22H28N2O2.ClH/c1-26-21-9-7-20(8-10-21)19-5-2-18(3-6-19)16-24-22(25)11-4-17-12-14-23-15-13-17;/h2-3,5-10,17,23H,4,11-16H2,1H3,(H,24,25);1H. The first kappa shape index (κ1) is 21.3. The van der Waals surface area contributed by atoms with Crippen LogP contribution in [0.4, 0.5) is 0 Å². The zero-order valence-electron chi connectivity index (χ0n) is 15.9. The van der Waals surface area contributed by atoms with Crippen LogP contribution in [0.3, 0.4) is 0 Å². The molecule has 146 valence electrons. The fourth-order valence-electron chi connectivity index (χ4n) is 3.39. The Labute approximate surface area is 168 Å². The smallest absolute Gasteiger partial charge is 0.220 e. The number of piperidine rings is 1. The molecule has 0 spiro atoms. The van der Waals surface area contributed by atoms with Crippen LogP contribution in [0.25, 0.3) is 11.1 Å². The molecule has 0 saturated carbocycles. The van der Waals surface area contributed by atoms with Gasteiger partial charge in [-0.2, -0.15) is 0 Å². The second kappa shape index (κ2) is 11.0. The Morgan fingerprint density at radius 3 is 2.22 bits per heavy atom.